The van der Waals surface area contributed by atoms with Gasteiger partial charge < -0.3 is 10.2 Å². The van der Waals surface area contributed by atoms with Crippen molar-refractivity contribution >= 4 is 62.3 Å². The standard InChI is InChI=1S/C26H26Cl3N3O4S/c1-17-9-11-21(28)14-24(17)32(37(35,36)22-7-5-4-6-8-22)16-25(33)31(18(2)26(34)30-3)15-19-10-12-20(27)13-23(19)29/h4-14,18H,15-16H2,1-3H3,(H,30,34)/t18-/m1/s1. The summed E-state index contributed by atoms with van der Waals surface area (Å²) in [4.78, 5) is 27.6. The second-order valence-electron chi connectivity index (χ2n) is 8.30. The van der Waals surface area contributed by atoms with Crippen LogP contribution in [-0.4, -0.2) is 44.8 Å². The van der Waals surface area contributed by atoms with E-state index < -0.39 is 34.4 Å². The molecule has 0 unspecified atom stereocenters. The van der Waals surface area contributed by atoms with E-state index in [0.717, 1.165) is 4.31 Å². The molecule has 11 heteroatoms. The van der Waals surface area contributed by atoms with Gasteiger partial charge in [-0.25, -0.2) is 8.42 Å². The van der Waals surface area contributed by atoms with Crippen LogP contribution in [0.1, 0.15) is 18.1 Å². The van der Waals surface area contributed by atoms with Crippen molar-refractivity contribution in [3.8, 4) is 0 Å². The average Bonchev–Trinajstić information content (AvgIpc) is 2.87. The summed E-state index contributed by atoms with van der Waals surface area (Å²) in [6.45, 7) is 2.66. The number of carbonyl (C=O) groups is 2. The van der Waals surface area contributed by atoms with Gasteiger partial charge in [-0.15, -0.1) is 0 Å². The van der Waals surface area contributed by atoms with Gasteiger partial charge in [0.1, 0.15) is 12.6 Å². The summed E-state index contributed by atoms with van der Waals surface area (Å²) in [7, 11) is -2.72. The minimum absolute atomic E-state index is 0.00817. The van der Waals surface area contributed by atoms with Crippen LogP contribution in [0.3, 0.4) is 0 Å². The normalized spacial score (nSPS) is 12.1. The van der Waals surface area contributed by atoms with Gasteiger partial charge in [0.15, 0.2) is 0 Å². The SMILES string of the molecule is CNC(=O)[C@@H](C)N(Cc1ccc(Cl)cc1Cl)C(=O)CN(c1cc(Cl)ccc1C)S(=O)(=O)c1ccccc1. The van der Waals surface area contributed by atoms with E-state index in [4.69, 9.17) is 34.8 Å². The maximum absolute atomic E-state index is 13.8. The Bertz CT molecular complexity index is 1400. The molecule has 3 aromatic rings. The van der Waals surface area contributed by atoms with E-state index in [1.54, 1.807) is 56.3 Å². The third kappa shape index (κ3) is 6.76. The molecule has 1 atom stereocenters. The van der Waals surface area contributed by atoms with E-state index in [9.17, 15) is 18.0 Å². The minimum atomic E-state index is -4.18. The van der Waals surface area contributed by atoms with Crippen molar-refractivity contribution in [2.24, 2.45) is 0 Å². The van der Waals surface area contributed by atoms with Crippen molar-refractivity contribution in [1.82, 2.24) is 10.2 Å². The van der Waals surface area contributed by atoms with Gasteiger partial charge >= 0.3 is 0 Å². The van der Waals surface area contributed by atoms with Gasteiger partial charge in [-0.1, -0.05) is 65.1 Å². The monoisotopic (exact) mass is 581 g/mol. The van der Waals surface area contributed by atoms with E-state index in [0.29, 0.717) is 26.2 Å². The number of halogens is 3. The van der Waals surface area contributed by atoms with Gasteiger partial charge in [-0.05, 0) is 61.4 Å². The van der Waals surface area contributed by atoms with Crippen LogP contribution in [0.15, 0.2) is 71.6 Å². The molecule has 3 aromatic carbocycles. The number of hydrogen-bond donors (Lipinski definition) is 1. The number of hydrogen-bond acceptors (Lipinski definition) is 4. The molecule has 0 aliphatic heterocycles. The number of sulfonamides is 1. The number of nitrogens with zero attached hydrogens (tertiary/aromatic N) is 2. The van der Waals surface area contributed by atoms with Crippen molar-refractivity contribution in [2.45, 2.75) is 31.3 Å². The Morgan fingerprint density at radius 1 is 0.946 bits per heavy atom. The Morgan fingerprint density at radius 3 is 2.19 bits per heavy atom. The van der Waals surface area contributed by atoms with Crippen molar-refractivity contribution in [3.05, 3.63) is 92.9 Å². The fraction of sp³-hybridized carbons (Fsp3) is 0.231. The summed E-state index contributed by atoms with van der Waals surface area (Å²) in [5.74, 6) is -1.03. The molecule has 0 saturated heterocycles. The summed E-state index contributed by atoms with van der Waals surface area (Å²) in [6, 6.07) is 16.5. The second-order valence-corrected chi connectivity index (χ2v) is 11.4. The third-order valence-electron chi connectivity index (χ3n) is 5.82. The summed E-state index contributed by atoms with van der Waals surface area (Å²) >= 11 is 18.6. The number of carbonyl (C=O) groups excluding carboxylic acids is 2. The lowest BCUT2D eigenvalue weighted by Gasteiger charge is -2.32. The first kappa shape index (κ1) is 28.8. The topological polar surface area (TPSA) is 86.8 Å². The van der Waals surface area contributed by atoms with E-state index in [2.05, 4.69) is 5.32 Å². The molecule has 37 heavy (non-hydrogen) atoms. The highest BCUT2D eigenvalue weighted by molar-refractivity contribution is 7.92. The molecule has 0 bridgehead atoms. The highest BCUT2D eigenvalue weighted by Crippen LogP contribution is 2.30. The lowest BCUT2D eigenvalue weighted by Crippen LogP contribution is -2.50. The molecule has 0 saturated carbocycles. The molecule has 0 fully saturated rings. The Kier molecular flexibility index (Phi) is 9.47. The minimum Gasteiger partial charge on any atom is -0.357 e. The Labute approximate surface area is 232 Å². The number of anilines is 1. The molecule has 0 heterocycles. The zero-order valence-corrected chi connectivity index (χ0v) is 23.5. The quantitative estimate of drug-likeness (QED) is 0.370. The Hall–Kier alpha value is -2.78. The maximum atomic E-state index is 13.8. The fourth-order valence-corrected chi connectivity index (χ4v) is 5.84. The number of amides is 2. The molecule has 3 rings (SSSR count). The molecule has 1 N–H and O–H groups in total. The van der Waals surface area contributed by atoms with Gasteiger partial charge in [0, 0.05) is 28.7 Å². The van der Waals surface area contributed by atoms with E-state index in [1.807, 2.05) is 0 Å². The van der Waals surface area contributed by atoms with Gasteiger partial charge in [-0.3, -0.25) is 13.9 Å². The van der Waals surface area contributed by atoms with Crippen molar-refractivity contribution in [3.63, 3.8) is 0 Å². The van der Waals surface area contributed by atoms with Crippen LogP contribution in [0.2, 0.25) is 15.1 Å². The number of nitrogens with one attached hydrogen (secondary N) is 1. The highest BCUT2D eigenvalue weighted by atomic mass is 35.5. The van der Waals surface area contributed by atoms with Crippen LogP contribution in [-0.2, 0) is 26.2 Å². The van der Waals surface area contributed by atoms with E-state index in [1.165, 1.54) is 36.2 Å². The second kappa shape index (κ2) is 12.2. The van der Waals surface area contributed by atoms with Crippen LogP contribution in [0, 0.1) is 6.92 Å². The average molecular weight is 583 g/mol. The fourth-order valence-electron chi connectivity index (χ4n) is 3.71. The van der Waals surface area contributed by atoms with Crippen LogP contribution in [0.5, 0.6) is 0 Å². The number of benzene rings is 3. The first-order valence-electron chi connectivity index (χ1n) is 11.2. The van der Waals surface area contributed by atoms with Crippen molar-refractivity contribution < 1.29 is 18.0 Å². The summed E-state index contributed by atoms with van der Waals surface area (Å²) in [6.07, 6.45) is 0. The molecule has 196 valence electrons. The molecule has 7 nitrogen and oxygen atoms in total. The van der Waals surface area contributed by atoms with Gasteiger partial charge in [-0.2, -0.15) is 0 Å². The molecule has 2 amide bonds. The van der Waals surface area contributed by atoms with E-state index in [-0.39, 0.29) is 17.1 Å². The highest BCUT2D eigenvalue weighted by Gasteiger charge is 2.33. The predicted octanol–water partition coefficient (Wildman–Crippen LogP) is 5.31. The first-order chi connectivity index (χ1) is 17.4. The smallest absolute Gasteiger partial charge is 0.264 e. The lowest BCUT2D eigenvalue weighted by molar-refractivity contribution is -0.139. The van der Waals surface area contributed by atoms with Crippen LogP contribution in [0.4, 0.5) is 5.69 Å². The molecule has 0 radical (unpaired) electrons. The van der Waals surface area contributed by atoms with Crippen molar-refractivity contribution in [1.29, 1.82) is 0 Å². The van der Waals surface area contributed by atoms with E-state index >= 15 is 0 Å². The van der Waals surface area contributed by atoms with Crippen LogP contribution < -0.4 is 9.62 Å². The summed E-state index contributed by atoms with van der Waals surface area (Å²) in [5, 5.41) is 3.57. The number of rotatable bonds is 9. The molecule has 0 aromatic heterocycles. The molecule has 0 aliphatic carbocycles. The van der Waals surface area contributed by atoms with Crippen LogP contribution >= 0.6 is 34.8 Å². The predicted molar refractivity (Wildman–Crippen MR) is 148 cm³/mol. The number of aryl methyl sites for hydroxylation is 1. The van der Waals surface area contributed by atoms with Gasteiger partial charge in [0.05, 0.1) is 10.6 Å². The van der Waals surface area contributed by atoms with Crippen molar-refractivity contribution in [2.75, 3.05) is 17.9 Å². The summed E-state index contributed by atoms with van der Waals surface area (Å²) < 4.78 is 28.5. The Balaban J connectivity index is 2.08. The zero-order chi connectivity index (χ0) is 27.3. The Morgan fingerprint density at radius 2 is 1.57 bits per heavy atom. The third-order valence-corrected chi connectivity index (χ3v) is 8.42. The molecule has 0 aliphatic rings. The first-order valence-corrected chi connectivity index (χ1v) is 13.8. The molecular formula is C26H26Cl3N3O4S. The zero-order valence-electron chi connectivity index (χ0n) is 20.4. The molecule has 0 spiro atoms. The lowest BCUT2D eigenvalue weighted by atomic mass is 10.1. The van der Waals surface area contributed by atoms with Gasteiger partial charge in [0.2, 0.25) is 11.8 Å². The maximum Gasteiger partial charge on any atom is 0.264 e. The molecular weight excluding hydrogens is 557 g/mol. The largest absolute Gasteiger partial charge is 0.357 e. The van der Waals surface area contributed by atoms with Crippen LogP contribution in [0.25, 0.3) is 0 Å². The van der Waals surface area contributed by atoms with Gasteiger partial charge in [0.25, 0.3) is 10.0 Å². The summed E-state index contributed by atoms with van der Waals surface area (Å²) in [5.41, 5.74) is 1.40. The number of likely N-dealkylation sites (N-methyl/N-ethyl adjacent to an activating group) is 1.